The molecule has 104 valence electrons. The van der Waals surface area contributed by atoms with Crippen LogP contribution in [0.3, 0.4) is 0 Å². The number of benzene rings is 1. The molecule has 1 atom stereocenters. The van der Waals surface area contributed by atoms with Crippen LogP contribution in [0.2, 0.25) is 0 Å². The highest BCUT2D eigenvalue weighted by molar-refractivity contribution is 5.83. The van der Waals surface area contributed by atoms with Gasteiger partial charge in [0.05, 0.1) is 18.8 Å². The molecule has 1 unspecified atom stereocenters. The van der Waals surface area contributed by atoms with Crippen molar-refractivity contribution in [2.24, 2.45) is 0 Å². The maximum atomic E-state index is 12.0. The summed E-state index contributed by atoms with van der Waals surface area (Å²) in [5.74, 6) is 0.436. The fraction of sp³-hybridized carbons (Fsp3) is 0.533. The Balaban J connectivity index is 2.41. The maximum absolute atomic E-state index is 12.0. The minimum Gasteiger partial charge on any atom is -0.471 e. The molecule has 1 aromatic carbocycles. The number of carbonyl (C=O) groups is 1. The Morgan fingerprint density at radius 1 is 1.42 bits per heavy atom. The average molecular weight is 263 g/mol. The molecule has 2 rings (SSSR count). The predicted octanol–water partition coefficient (Wildman–Crippen LogP) is 2.74. The standard InChI is InChI=1S/C15H21NO3/c1-6-18-14(17)15(5)8-16-12-10(3)7-9(2)11(4)13(12)19-15/h7,16H,6,8H2,1-5H3. The van der Waals surface area contributed by atoms with Gasteiger partial charge in [-0.15, -0.1) is 0 Å². The topological polar surface area (TPSA) is 47.6 Å². The number of aryl methyl sites for hydroxylation is 2. The molecule has 1 aliphatic heterocycles. The highest BCUT2D eigenvalue weighted by atomic mass is 16.6. The van der Waals surface area contributed by atoms with Gasteiger partial charge in [-0.25, -0.2) is 4.79 Å². The summed E-state index contributed by atoms with van der Waals surface area (Å²) in [6.45, 7) is 10.4. The second-order valence-corrected chi connectivity index (χ2v) is 5.25. The molecule has 1 heterocycles. The molecule has 0 aliphatic carbocycles. The number of fused-ring (bicyclic) bond motifs is 1. The normalized spacial score (nSPS) is 21.1. The monoisotopic (exact) mass is 263 g/mol. The van der Waals surface area contributed by atoms with Crippen molar-refractivity contribution in [2.45, 2.75) is 40.2 Å². The van der Waals surface area contributed by atoms with Crippen molar-refractivity contribution in [1.82, 2.24) is 0 Å². The van der Waals surface area contributed by atoms with Gasteiger partial charge in [-0.2, -0.15) is 0 Å². The lowest BCUT2D eigenvalue weighted by Gasteiger charge is -2.36. The third kappa shape index (κ3) is 2.27. The molecule has 0 amide bonds. The number of rotatable bonds is 2. The van der Waals surface area contributed by atoms with Crippen LogP contribution in [-0.4, -0.2) is 24.7 Å². The number of esters is 1. The quantitative estimate of drug-likeness (QED) is 0.833. The zero-order chi connectivity index (χ0) is 14.2. The molecule has 0 bridgehead atoms. The van der Waals surface area contributed by atoms with Crippen molar-refractivity contribution in [2.75, 3.05) is 18.5 Å². The molecule has 19 heavy (non-hydrogen) atoms. The van der Waals surface area contributed by atoms with Gasteiger partial charge < -0.3 is 14.8 Å². The van der Waals surface area contributed by atoms with Crippen LogP contribution in [-0.2, 0) is 9.53 Å². The zero-order valence-corrected chi connectivity index (χ0v) is 12.2. The number of anilines is 1. The van der Waals surface area contributed by atoms with E-state index in [4.69, 9.17) is 9.47 Å². The molecule has 1 N–H and O–H groups in total. The van der Waals surface area contributed by atoms with Gasteiger partial charge in [-0.3, -0.25) is 0 Å². The SMILES string of the molecule is CCOC(=O)C1(C)CNc2c(C)cc(C)c(C)c2O1. The minimum atomic E-state index is -0.964. The van der Waals surface area contributed by atoms with Crippen LogP contribution < -0.4 is 10.1 Å². The number of nitrogens with one attached hydrogen (secondary N) is 1. The predicted molar refractivity (Wildman–Crippen MR) is 74.8 cm³/mol. The maximum Gasteiger partial charge on any atom is 0.352 e. The summed E-state index contributed by atoms with van der Waals surface area (Å²) < 4.78 is 11.1. The number of hydrogen-bond acceptors (Lipinski definition) is 4. The number of hydrogen-bond donors (Lipinski definition) is 1. The molecule has 0 spiro atoms. The van der Waals surface area contributed by atoms with E-state index in [1.165, 1.54) is 0 Å². The molecule has 0 radical (unpaired) electrons. The summed E-state index contributed by atoms with van der Waals surface area (Å²) >= 11 is 0. The first-order valence-electron chi connectivity index (χ1n) is 6.60. The second-order valence-electron chi connectivity index (χ2n) is 5.25. The van der Waals surface area contributed by atoms with Gasteiger partial charge in [-0.05, 0) is 51.3 Å². The largest absolute Gasteiger partial charge is 0.471 e. The van der Waals surface area contributed by atoms with Crippen LogP contribution in [0.15, 0.2) is 6.07 Å². The summed E-state index contributed by atoms with van der Waals surface area (Å²) in [7, 11) is 0. The molecule has 4 nitrogen and oxygen atoms in total. The molecular weight excluding hydrogens is 242 g/mol. The van der Waals surface area contributed by atoms with E-state index in [1.807, 2.05) is 20.8 Å². The Bertz CT molecular complexity index is 525. The lowest BCUT2D eigenvalue weighted by Crippen LogP contribution is -2.51. The van der Waals surface area contributed by atoms with E-state index in [-0.39, 0.29) is 5.97 Å². The molecule has 4 heteroatoms. The van der Waals surface area contributed by atoms with Gasteiger partial charge in [0.25, 0.3) is 0 Å². The lowest BCUT2D eigenvalue weighted by atomic mass is 9.98. The van der Waals surface area contributed by atoms with Crippen LogP contribution in [0.25, 0.3) is 0 Å². The van der Waals surface area contributed by atoms with Gasteiger partial charge >= 0.3 is 5.97 Å². The van der Waals surface area contributed by atoms with Crippen LogP contribution in [0.4, 0.5) is 5.69 Å². The Hall–Kier alpha value is -1.71. The smallest absolute Gasteiger partial charge is 0.352 e. The average Bonchev–Trinajstić information content (AvgIpc) is 2.36. The van der Waals surface area contributed by atoms with Crippen LogP contribution in [0.5, 0.6) is 5.75 Å². The van der Waals surface area contributed by atoms with Crippen molar-refractivity contribution in [3.05, 3.63) is 22.8 Å². The second kappa shape index (κ2) is 4.76. The van der Waals surface area contributed by atoms with E-state index in [9.17, 15) is 4.79 Å². The van der Waals surface area contributed by atoms with E-state index in [2.05, 4.69) is 11.4 Å². The van der Waals surface area contributed by atoms with Gasteiger partial charge in [0.15, 0.2) is 0 Å². The highest BCUT2D eigenvalue weighted by Crippen LogP contribution is 2.40. The zero-order valence-electron chi connectivity index (χ0n) is 12.2. The van der Waals surface area contributed by atoms with E-state index < -0.39 is 5.60 Å². The van der Waals surface area contributed by atoms with E-state index >= 15 is 0 Å². The van der Waals surface area contributed by atoms with Crippen molar-refractivity contribution in [3.8, 4) is 5.75 Å². The Labute approximate surface area is 114 Å². The summed E-state index contributed by atoms with van der Waals surface area (Å²) in [6.07, 6.45) is 0. The van der Waals surface area contributed by atoms with Gasteiger partial charge in [0, 0.05) is 0 Å². The fourth-order valence-corrected chi connectivity index (χ4v) is 2.31. The van der Waals surface area contributed by atoms with E-state index in [0.717, 1.165) is 28.1 Å². The first-order valence-corrected chi connectivity index (χ1v) is 6.60. The lowest BCUT2D eigenvalue weighted by molar-refractivity contribution is -0.159. The third-order valence-electron chi connectivity index (χ3n) is 3.62. The van der Waals surface area contributed by atoms with Gasteiger partial charge in [-0.1, -0.05) is 6.07 Å². The van der Waals surface area contributed by atoms with E-state index in [0.29, 0.717) is 13.2 Å². The van der Waals surface area contributed by atoms with Crippen molar-refractivity contribution < 1.29 is 14.3 Å². The molecule has 0 saturated heterocycles. The highest BCUT2D eigenvalue weighted by Gasteiger charge is 2.41. The van der Waals surface area contributed by atoms with Crippen LogP contribution in [0, 0.1) is 20.8 Å². The molecule has 0 saturated carbocycles. The Kier molecular flexibility index (Phi) is 3.43. The van der Waals surface area contributed by atoms with Crippen molar-refractivity contribution in [3.63, 3.8) is 0 Å². The van der Waals surface area contributed by atoms with Crippen LogP contribution in [0.1, 0.15) is 30.5 Å². The third-order valence-corrected chi connectivity index (χ3v) is 3.62. The minimum absolute atomic E-state index is 0.327. The molecule has 1 aliphatic rings. The molecular formula is C15H21NO3. The molecule has 0 aromatic heterocycles. The van der Waals surface area contributed by atoms with Gasteiger partial charge in [0.1, 0.15) is 5.75 Å². The summed E-state index contributed by atoms with van der Waals surface area (Å²) in [4.78, 5) is 12.0. The molecule has 1 aromatic rings. The van der Waals surface area contributed by atoms with Crippen LogP contribution >= 0.6 is 0 Å². The summed E-state index contributed by atoms with van der Waals surface area (Å²) in [5, 5.41) is 3.30. The summed E-state index contributed by atoms with van der Waals surface area (Å²) in [6, 6.07) is 2.12. The van der Waals surface area contributed by atoms with Gasteiger partial charge in [0.2, 0.25) is 5.60 Å². The Morgan fingerprint density at radius 3 is 2.74 bits per heavy atom. The first-order chi connectivity index (χ1) is 8.89. The number of ether oxygens (including phenoxy) is 2. The molecule has 0 fully saturated rings. The number of carbonyl (C=O) groups excluding carboxylic acids is 1. The van der Waals surface area contributed by atoms with E-state index in [1.54, 1.807) is 13.8 Å². The fourth-order valence-electron chi connectivity index (χ4n) is 2.31. The first kappa shape index (κ1) is 13.7. The summed E-state index contributed by atoms with van der Waals surface area (Å²) in [5.41, 5.74) is 3.36. The van der Waals surface area contributed by atoms with Crippen molar-refractivity contribution in [1.29, 1.82) is 0 Å². The Morgan fingerprint density at radius 2 is 2.11 bits per heavy atom. The van der Waals surface area contributed by atoms with Crippen molar-refractivity contribution >= 4 is 11.7 Å².